The van der Waals surface area contributed by atoms with E-state index in [1.165, 1.54) is 10.4 Å². The average molecular weight is 475 g/mol. The molecule has 0 radical (unpaired) electrons. The molecule has 1 aromatic heterocycles. The number of benzene rings is 2. The molecule has 1 aliphatic heterocycles. The second-order valence-electron chi connectivity index (χ2n) is 6.71. The lowest BCUT2D eigenvalue weighted by Gasteiger charge is -2.33. The van der Waals surface area contributed by atoms with Crippen molar-refractivity contribution < 1.29 is 17.6 Å². The molecular formula is C21H19BrN2O4S. The van der Waals surface area contributed by atoms with Gasteiger partial charge < -0.3 is 9.32 Å². The summed E-state index contributed by atoms with van der Waals surface area (Å²) in [4.78, 5) is 14.3. The number of carbonyl (C=O) groups excluding carboxylic acids is 1. The Kier molecular flexibility index (Phi) is 5.58. The van der Waals surface area contributed by atoms with E-state index in [2.05, 4.69) is 15.9 Å². The summed E-state index contributed by atoms with van der Waals surface area (Å²) >= 11 is 3.22. The van der Waals surface area contributed by atoms with Crippen molar-refractivity contribution in [1.29, 1.82) is 0 Å². The molecule has 1 aliphatic rings. The molecule has 2 aromatic carbocycles. The van der Waals surface area contributed by atoms with Crippen LogP contribution in [0, 0.1) is 0 Å². The fourth-order valence-corrected chi connectivity index (χ4v) is 5.08. The molecule has 0 aliphatic carbocycles. The largest absolute Gasteiger partial charge is 0.450 e. The Bertz CT molecular complexity index is 1180. The molecule has 3 aromatic rings. The minimum Gasteiger partial charge on any atom is -0.450 e. The van der Waals surface area contributed by atoms with Crippen LogP contribution < -0.4 is 0 Å². The molecule has 0 saturated carbocycles. The van der Waals surface area contributed by atoms with Crippen molar-refractivity contribution in [2.24, 2.45) is 0 Å². The summed E-state index contributed by atoms with van der Waals surface area (Å²) in [6, 6.07) is 16.3. The molecule has 0 unspecified atom stereocenters. The molecule has 29 heavy (non-hydrogen) atoms. The van der Waals surface area contributed by atoms with Gasteiger partial charge >= 0.3 is 0 Å². The van der Waals surface area contributed by atoms with Crippen molar-refractivity contribution in [1.82, 2.24) is 9.21 Å². The van der Waals surface area contributed by atoms with E-state index in [9.17, 15) is 13.2 Å². The van der Waals surface area contributed by atoms with Gasteiger partial charge in [0.2, 0.25) is 15.9 Å². The van der Waals surface area contributed by atoms with Gasteiger partial charge in [-0.1, -0.05) is 30.3 Å². The van der Waals surface area contributed by atoms with Crippen LogP contribution in [0.4, 0.5) is 0 Å². The number of hydrogen-bond donors (Lipinski definition) is 0. The van der Waals surface area contributed by atoms with Gasteiger partial charge in [0.15, 0.2) is 4.67 Å². The van der Waals surface area contributed by atoms with Gasteiger partial charge in [0, 0.05) is 32.3 Å². The summed E-state index contributed by atoms with van der Waals surface area (Å²) in [7, 11) is -3.60. The van der Waals surface area contributed by atoms with E-state index in [0.29, 0.717) is 23.5 Å². The zero-order valence-electron chi connectivity index (χ0n) is 15.5. The number of carbonyl (C=O) groups is 1. The fraction of sp³-hybridized carbons (Fsp3) is 0.190. The third kappa shape index (κ3) is 4.29. The van der Waals surface area contributed by atoms with E-state index in [1.807, 2.05) is 30.3 Å². The molecule has 2 heterocycles. The summed E-state index contributed by atoms with van der Waals surface area (Å²) in [6.07, 6.45) is 3.05. The monoisotopic (exact) mass is 474 g/mol. The highest BCUT2D eigenvalue weighted by Crippen LogP contribution is 2.23. The smallest absolute Gasteiger partial charge is 0.246 e. The van der Waals surface area contributed by atoms with Gasteiger partial charge in [0.1, 0.15) is 5.76 Å². The molecule has 4 rings (SSSR count). The van der Waals surface area contributed by atoms with Crippen LogP contribution in [-0.4, -0.2) is 49.7 Å². The van der Waals surface area contributed by atoms with Crippen molar-refractivity contribution in [3.05, 3.63) is 71.1 Å². The highest BCUT2D eigenvalue weighted by molar-refractivity contribution is 9.10. The number of hydrogen-bond acceptors (Lipinski definition) is 4. The lowest BCUT2D eigenvalue weighted by atomic mass is 10.1. The Morgan fingerprint density at radius 3 is 2.38 bits per heavy atom. The average Bonchev–Trinajstić information content (AvgIpc) is 3.17. The quantitative estimate of drug-likeness (QED) is 0.540. The number of halogens is 1. The van der Waals surface area contributed by atoms with Crippen molar-refractivity contribution in [2.75, 3.05) is 26.2 Å². The molecule has 1 saturated heterocycles. The summed E-state index contributed by atoms with van der Waals surface area (Å²) in [5.74, 6) is 0.406. The van der Waals surface area contributed by atoms with Gasteiger partial charge in [-0.3, -0.25) is 4.79 Å². The Balaban J connectivity index is 1.42. The van der Waals surface area contributed by atoms with Crippen molar-refractivity contribution in [3.63, 3.8) is 0 Å². The van der Waals surface area contributed by atoms with Crippen LogP contribution in [0.15, 0.2) is 74.7 Å². The minimum absolute atomic E-state index is 0.166. The maximum absolute atomic E-state index is 13.0. The SMILES string of the molecule is O=C(C=Cc1ccc(Br)o1)N1CCN(S(=O)(=O)c2ccc3ccccc3c2)CC1. The second-order valence-corrected chi connectivity index (χ2v) is 9.43. The van der Waals surface area contributed by atoms with Crippen LogP contribution in [0.25, 0.3) is 16.8 Å². The number of sulfonamides is 1. The lowest BCUT2D eigenvalue weighted by Crippen LogP contribution is -2.50. The van der Waals surface area contributed by atoms with Gasteiger partial charge in [-0.05, 0) is 57.0 Å². The van der Waals surface area contributed by atoms with E-state index in [1.54, 1.807) is 35.2 Å². The molecule has 1 fully saturated rings. The lowest BCUT2D eigenvalue weighted by molar-refractivity contribution is -0.127. The number of rotatable bonds is 4. The molecule has 150 valence electrons. The van der Waals surface area contributed by atoms with Crippen LogP contribution in [0.1, 0.15) is 5.76 Å². The summed E-state index contributed by atoms with van der Waals surface area (Å²) in [6.45, 7) is 1.22. The van der Waals surface area contributed by atoms with E-state index in [-0.39, 0.29) is 23.9 Å². The number of furan rings is 1. The van der Waals surface area contributed by atoms with Crippen LogP contribution in [0.3, 0.4) is 0 Å². The predicted molar refractivity (Wildman–Crippen MR) is 115 cm³/mol. The standard InChI is InChI=1S/C21H19BrN2O4S/c22-20-9-6-18(28-20)7-10-21(25)23-11-13-24(14-12-23)29(26,27)19-8-5-16-3-1-2-4-17(16)15-19/h1-10,15H,11-14H2. The third-order valence-electron chi connectivity index (χ3n) is 4.89. The van der Waals surface area contributed by atoms with E-state index in [0.717, 1.165) is 10.8 Å². The van der Waals surface area contributed by atoms with E-state index < -0.39 is 10.0 Å². The molecule has 0 atom stereocenters. The van der Waals surface area contributed by atoms with Gasteiger partial charge in [0.05, 0.1) is 4.90 Å². The highest BCUT2D eigenvalue weighted by Gasteiger charge is 2.29. The Labute approximate surface area is 177 Å². The summed E-state index contributed by atoms with van der Waals surface area (Å²) < 4.78 is 33.4. The third-order valence-corrected chi connectivity index (χ3v) is 7.21. The molecule has 1 amide bonds. The number of piperazine rings is 1. The first-order valence-corrected chi connectivity index (χ1v) is 11.4. The minimum atomic E-state index is -3.60. The Morgan fingerprint density at radius 2 is 1.69 bits per heavy atom. The zero-order valence-corrected chi connectivity index (χ0v) is 17.9. The van der Waals surface area contributed by atoms with E-state index in [4.69, 9.17) is 4.42 Å². The van der Waals surface area contributed by atoms with Crippen LogP contribution in [0.5, 0.6) is 0 Å². The number of nitrogens with zero attached hydrogens (tertiary/aromatic N) is 2. The summed E-state index contributed by atoms with van der Waals surface area (Å²) in [5, 5.41) is 1.88. The zero-order chi connectivity index (χ0) is 20.4. The predicted octanol–water partition coefficient (Wildman–Crippen LogP) is 3.74. The van der Waals surface area contributed by atoms with Crippen molar-refractivity contribution >= 4 is 48.7 Å². The Morgan fingerprint density at radius 1 is 0.966 bits per heavy atom. The van der Waals surface area contributed by atoms with Crippen LogP contribution >= 0.6 is 15.9 Å². The molecule has 0 N–H and O–H groups in total. The first-order chi connectivity index (χ1) is 13.9. The van der Waals surface area contributed by atoms with Gasteiger partial charge in [-0.25, -0.2) is 8.42 Å². The van der Waals surface area contributed by atoms with Crippen LogP contribution in [0.2, 0.25) is 0 Å². The number of amides is 1. The first-order valence-electron chi connectivity index (χ1n) is 9.15. The summed E-state index contributed by atoms with van der Waals surface area (Å²) in [5.41, 5.74) is 0. The molecule has 6 nitrogen and oxygen atoms in total. The van der Waals surface area contributed by atoms with Crippen molar-refractivity contribution in [2.45, 2.75) is 4.90 Å². The van der Waals surface area contributed by atoms with Gasteiger partial charge in [0.25, 0.3) is 0 Å². The van der Waals surface area contributed by atoms with Gasteiger partial charge in [-0.15, -0.1) is 0 Å². The maximum Gasteiger partial charge on any atom is 0.246 e. The fourth-order valence-electron chi connectivity index (χ4n) is 3.30. The van der Waals surface area contributed by atoms with E-state index >= 15 is 0 Å². The molecule has 8 heteroatoms. The Hall–Kier alpha value is -2.42. The topological polar surface area (TPSA) is 70.8 Å². The molecule has 0 spiro atoms. The van der Waals surface area contributed by atoms with Gasteiger partial charge in [-0.2, -0.15) is 4.31 Å². The first kappa shape index (κ1) is 19.9. The molecule has 0 bridgehead atoms. The normalized spacial score (nSPS) is 16.0. The number of fused-ring (bicyclic) bond motifs is 1. The van der Waals surface area contributed by atoms with Crippen LogP contribution in [-0.2, 0) is 14.8 Å². The second kappa shape index (κ2) is 8.14. The maximum atomic E-state index is 13.0. The molecular weight excluding hydrogens is 456 g/mol. The van der Waals surface area contributed by atoms with Crippen molar-refractivity contribution in [3.8, 4) is 0 Å². The highest BCUT2D eigenvalue weighted by atomic mass is 79.9.